The van der Waals surface area contributed by atoms with Gasteiger partial charge in [0.25, 0.3) is 10.1 Å². The van der Waals surface area contributed by atoms with Crippen LogP contribution in [-0.2, 0) is 10.1 Å². The van der Waals surface area contributed by atoms with Crippen molar-refractivity contribution in [1.82, 2.24) is 0 Å². The summed E-state index contributed by atoms with van der Waals surface area (Å²) in [5, 5.41) is 0. The number of benzene rings is 1. The third-order valence-electron chi connectivity index (χ3n) is 1.27. The van der Waals surface area contributed by atoms with E-state index in [0.29, 0.717) is 10.2 Å². The lowest BCUT2D eigenvalue weighted by Gasteiger charge is -1.99. The molecule has 0 saturated carbocycles. The molecule has 66 valence electrons. The SMILES string of the molecule is Nc1ccc(S(=O)(=O)O)cc1Br. The van der Waals surface area contributed by atoms with Gasteiger partial charge < -0.3 is 5.73 Å². The minimum Gasteiger partial charge on any atom is -0.398 e. The monoisotopic (exact) mass is 251 g/mol. The maximum Gasteiger partial charge on any atom is 0.294 e. The number of hydrogen-bond donors (Lipinski definition) is 2. The third-order valence-corrected chi connectivity index (χ3v) is 2.81. The van der Waals surface area contributed by atoms with E-state index in [1.54, 1.807) is 0 Å². The Bertz CT molecular complexity index is 401. The van der Waals surface area contributed by atoms with Crippen molar-refractivity contribution in [2.75, 3.05) is 5.73 Å². The lowest BCUT2D eigenvalue weighted by Crippen LogP contribution is -1.98. The molecular weight excluding hydrogens is 246 g/mol. The summed E-state index contributed by atoms with van der Waals surface area (Å²) in [5.41, 5.74) is 5.83. The highest BCUT2D eigenvalue weighted by Crippen LogP contribution is 2.22. The van der Waals surface area contributed by atoms with Crippen LogP contribution in [0.4, 0.5) is 5.69 Å². The van der Waals surface area contributed by atoms with Crippen molar-refractivity contribution in [3.8, 4) is 0 Å². The smallest absolute Gasteiger partial charge is 0.294 e. The second-order valence-electron chi connectivity index (χ2n) is 2.16. The molecule has 0 aliphatic carbocycles. The Morgan fingerprint density at radius 1 is 1.42 bits per heavy atom. The maximum absolute atomic E-state index is 10.6. The second-order valence-corrected chi connectivity index (χ2v) is 4.43. The highest BCUT2D eigenvalue weighted by molar-refractivity contribution is 9.10. The maximum atomic E-state index is 10.6. The molecule has 1 rings (SSSR count). The first-order chi connectivity index (χ1) is 5.41. The van der Waals surface area contributed by atoms with Crippen LogP contribution in [0.25, 0.3) is 0 Å². The molecule has 4 nitrogen and oxygen atoms in total. The van der Waals surface area contributed by atoms with Gasteiger partial charge in [-0.05, 0) is 34.1 Å². The lowest BCUT2D eigenvalue weighted by molar-refractivity contribution is 0.483. The van der Waals surface area contributed by atoms with Crippen LogP contribution in [0.15, 0.2) is 27.6 Å². The fraction of sp³-hybridized carbons (Fsp3) is 0. The van der Waals surface area contributed by atoms with Crippen LogP contribution in [0, 0.1) is 0 Å². The van der Waals surface area contributed by atoms with Gasteiger partial charge in [-0.2, -0.15) is 8.42 Å². The van der Waals surface area contributed by atoms with Crippen molar-refractivity contribution in [2.24, 2.45) is 0 Å². The van der Waals surface area contributed by atoms with Gasteiger partial charge in [0.05, 0.1) is 4.90 Å². The fourth-order valence-corrected chi connectivity index (χ4v) is 1.71. The van der Waals surface area contributed by atoms with Gasteiger partial charge in [-0.25, -0.2) is 0 Å². The number of nitrogen functional groups attached to an aromatic ring is 1. The molecule has 0 aliphatic rings. The van der Waals surface area contributed by atoms with Crippen molar-refractivity contribution in [3.05, 3.63) is 22.7 Å². The largest absolute Gasteiger partial charge is 0.398 e. The molecule has 6 heteroatoms. The zero-order chi connectivity index (χ0) is 9.35. The highest BCUT2D eigenvalue weighted by Gasteiger charge is 2.09. The quantitative estimate of drug-likeness (QED) is 0.582. The summed E-state index contributed by atoms with van der Waals surface area (Å²) in [6, 6.07) is 3.87. The molecule has 0 bridgehead atoms. The standard InChI is InChI=1S/C6H6BrNO3S/c7-5-3-4(12(9,10)11)1-2-6(5)8/h1-3H,8H2,(H,9,10,11). The molecule has 0 atom stereocenters. The summed E-state index contributed by atoms with van der Waals surface area (Å²) in [6.07, 6.45) is 0. The van der Waals surface area contributed by atoms with Crippen molar-refractivity contribution < 1.29 is 13.0 Å². The van der Waals surface area contributed by atoms with Gasteiger partial charge in [-0.15, -0.1) is 0 Å². The van der Waals surface area contributed by atoms with Crippen LogP contribution < -0.4 is 5.73 Å². The number of nitrogens with two attached hydrogens (primary N) is 1. The summed E-state index contributed by atoms with van der Waals surface area (Å²) >= 11 is 3.04. The Balaban J connectivity index is 3.33. The second kappa shape index (κ2) is 3.04. The van der Waals surface area contributed by atoms with Gasteiger partial charge in [0, 0.05) is 10.2 Å². The van der Waals surface area contributed by atoms with E-state index in [0.717, 1.165) is 0 Å². The van der Waals surface area contributed by atoms with Gasteiger partial charge in [0.15, 0.2) is 0 Å². The highest BCUT2D eigenvalue weighted by atomic mass is 79.9. The first kappa shape index (κ1) is 9.50. The molecule has 1 aromatic carbocycles. The van der Waals surface area contributed by atoms with Gasteiger partial charge >= 0.3 is 0 Å². The molecule has 1 aromatic rings. The van der Waals surface area contributed by atoms with Crippen LogP contribution in [-0.4, -0.2) is 13.0 Å². The molecule has 12 heavy (non-hydrogen) atoms. The van der Waals surface area contributed by atoms with Crippen molar-refractivity contribution >= 4 is 31.7 Å². The van der Waals surface area contributed by atoms with Crippen LogP contribution in [0.1, 0.15) is 0 Å². The average Bonchev–Trinajstić information content (AvgIpc) is 1.92. The zero-order valence-corrected chi connectivity index (χ0v) is 8.26. The van der Waals surface area contributed by atoms with Crippen molar-refractivity contribution in [3.63, 3.8) is 0 Å². The minimum absolute atomic E-state index is 0.177. The van der Waals surface area contributed by atoms with E-state index in [1.807, 2.05) is 0 Å². The topological polar surface area (TPSA) is 80.4 Å². The van der Waals surface area contributed by atoms with Gasteiger partial charge in [0.1, 0.15) is 0 Å². The molecule has 0 unspecified atom stereocenters. The third kappa shape index (κ3) is 1.96. The lowest BCUT2D eigenvalue weighted by atomic mass is 10.3. The Morgan fingerprint density at radius 2 is 2.00 bits per heavy atom. The van der Waals surface area contributed by atoms with Crippen LogP contribution in [0.5, 0.6) is 0 Å². The molecule has 0 spiro atoms. The summed E-state index contributed by atoms with van der Waals surface area (Å²) in [7, 11) is -4.13. The van der Waals surface area contributed by atoms with E-state index in [-0.39, 0.29) is 4.90 Å². The summed E-state index contributed by atoms with van der Waals surface area (Å²) in [6.45, 7) is 0. The fourth-order valence-electron chi connectivity index (χ4n) is 0.668. The molecule has 0 radical (unpaired) electrons. The van der Waals surface area contributed by atoms with E-state index in [4.69, 9.17) is 10.3 Å². The van der Waals surface area contributed by atoms with Crippen LogP contribution in [0.2, 0.25) is 0 Å². The average molecular weight is 252 g/mol. The number of halogens is 1. The van der Waals surface area contributed by atoms with Gasteiger partial charge in [-0.1, -0.05) is 0 Å². The zero-order valence-electron chi connectivity index (χ0n) is 5.86. The minimum atomic E-state index is -4.13. The Hall–Kier alpha value is -0.590. The number of rotatable bonds is 1. The Kier molecular flexibility index (Phi) is 2.41. The summed E-state index contributed by atoms with van der Waals surface area (Å²) in [4.78, 5) is -0.177. The number of hydrogen-bond acceptors (Lipinski definition) is 3. The molecule has 0 fully saturated rings. The van der Waals surface area contributed by atoms with Crippen LogP contribution >= 0.6 is 15.9 Å². The van der Waals surface area contributed by atoms with Crippen LogP contribution in [0.3, 0.4) is 0 Å². The normalized spacial score (nSPS) is 11.5. The summed E-state index contributed by atoms with van der Waals surface area (Å²) < 4.78 is 30.2. The van der Waals surface area contributed by atoms with E-state index in [2.05, 4.69) is 15.9 Å². The first-order valence-electron chi connectivity index (χ1n) is 2.94. The first-order valence-corrected chi connectivity index (χ1v) is 5.17. The van der Waals surface area contributed by atoms with E-state index in [1.165, 1.54) is 18.2 Å². The molecule has 0 amide bonds. The van der Waals surface area contributed by atoms with Gasteiger partial charge in [-0.3, -0.25) is 4.55 Å². The number of anilines is 1. The molecule has 0 aromatic heterocycles. The Labute approximate surface area is 78.3 Å². The van der Waals surface area contributed by atoms with E-state index < -0.39 is 10.1 Å². The molecule has 3 N–H and O–H groups in total. The molecule has 0 aliphatic heterocycles. The van der Waals surface area contributed by atoms with E-state index in [9.17, 15) is 8.42 Å². The summed E-state index contributed by atoms with van der Waals surface area (Å²) in [5.74, 6) is 0. The van der Waals surface area contributed by atoms with E-state index >= 15 is 0 Å². The Morgan fingerprint density at radius 3 is 2.42 bits per heavy atom. The van der Waals surface area contributed by atoms with Crippen molar-refractivity contribution in [2.45, 2.75) is 4.90 Å². The predicted octanol–water partition coefficient (Wildman–Crippen LogP) is 1.28. The molecule has 0 heterocycles. The van der Waals surface area contributed by atoms with Gasteiger partial charge in [0.2, 0.25) is 0 Å². The molecule has 0 saturated heterocycles. The van der Waals surface area contributed by atoms with Crippen molar-refractivity contribution in [1.29, 1.82) is 0 Å². The molecular formula is C6H6BrNO3S. The predicted molar refractivity (Wildman–Crippen MR) is 48.4 cm³/mol.